The average molecular weight is 424 g/mol. The highest BCUT2D eigenvalue weighted by Gasteiger charge is 2.16. The number of para-hydroxylation sites is 1. The molecule has 0 spiro atoms. The van der Waals surface area contributed by atoms with Crippen molar-refractivity contribution in [3.63, 3.8) is 0 Å². The van der Waals surface area contributed by atoms with E-state index in [1.807, 2.05) is 29.8 Å². The maximum atomic E-state index is 5.98. The maximum absolute atomic E-state index is 5.98. The molecule has 0 aliphatic carbocycles. The molecule has 0 atom stereocenters. The van der Waals surface area contributed by atoms with E-state index in [0.29, 0.717) is 17.1 Å². The van der Waals surface area contributed by atoms with Crippen molar-refractivity contribution in [2.75, 3.05) is 11.5 Å². The van der Waals surface area contributed by atoms with E-state index in [9.17, 15) is 0 Å². The van der Waals surface area contributed by atoms with Crippen LogP contribution in [0.2, 0.25) is 0 Å². The van der Waals surface area contributed by atoms with Gasteiger partial charge in [0.1, 0.15) is 11.2 Å². The van der Waals surface area contributed by atoms with Gasteiger partial charge in [0.15, 0.2) is 0 Å². The van der Waals surface area contributed by atoms with E-state index < -0.39 is 0 Å². The standard InChI is InChI=1S/C15H14IN5S/c1-21-13-4-2-3-5-14(13)22-15(21)20-19-12-6-9(8-16)10(17)7-11(12)18/h2-7H,8H2,1H3,(H3,17,18)/p+1. The number of fused-ring (bicyclic) bond motifs is 1. The van der Waals surface area contributed by atoms with Gasteiger partial charge in [0.25, 0.3) is 0 Å². The lowest BCUT2D eigenvalue weighted by Crippen LogP contribution is -2.25. The Bertz CT molecular complexity index is 872. The SMILES string of the molecule is C[n+]1c(N=Nc2cc(CI)c(N)cc2N)sc2ccccc21. The molecule has 2 aromatic carbocycles. The van der Waals surface area contributed by atoms with Gasteiger partial charge in [-0.25, -0.2) is 4.57 Å². The number of hydrogen-bond donors (Lipinski definition) is 2. The molecule has 3 aromatic rings. The highest BCUT2D eigenvalue weighted by molar-refractivity contribution is 14.1. The smallest absolute Gasteiger partial charge is 0.398 e. The number of aromatic nitrogens is 1. The largest absolute Gasteiger partial charge is 0.409 e. The zero-order valence-corrected chi connectivity index (χ0v) is 14.9. The third kappa shape index (κ3) is 2.78. The van der Waals surface area contributed by atoms with E-state index in [-0.39, 0.29) is 0 Å². The van der Waals surface area contributed by atoms with Crippen molar-refractivity contribution in [3.8, 4) is 0 Å². The Hall–Kier alpha value is -1.74. The minimum Gasteiger partial charge on any atom is -0.398 e. The Morgan fingerprint density at radius 2 is 1.91 bits per heavy atom. The van der Waals surface area contributed by atoms with Crippen molar-refractivity contribution in [1.82, 2.24) is 0 Å². The summed E-state index contributed by atoms with van der Waals surface area (Å²) in [6, 6.07) is 11.8. The van der Waals surface area contributed by atoms with Crippen LogP contribution in [0, 0.1) is 0 Å². The molecule has 7 heteroatoms. The monoisotopic (exact) mass is 424 g/mol. The molecule has 1 aromatic heterocycles. The summed E-state index contributed by atoms with van der Waals surface area (Å²) < 4.78 is 4.01. The lowest BCUT2D eigenvalue weighted by molar-refractivity contribution is -0.627. The summed E-state index contributed by atoms with van der Waals surface area (Å²) in [6.45, 7) is 0. The molecule has 0 radical (unpaired) electrons. The normalized spacial score (nSPS) is 11.5. The number of azo groups is 1. The second-order valence-corrected chi connectivity index (χ2v) is 6.63. The number of aryl methyl sites for hydroxylation is 1. The summed E-state index contributed by atoms with van der Waals surface area (Å²) >= 11 is 3.86. The minimum atomic E-state index is 0.540. The fourth-order valence-corrected chi connectivity index (χ4v) is 3.77. The summed E-state index contributed by atoms with van der Waals surface area (Å²) in [5.74, 6) is 0. The topological polar surface area (TPSA) is 80.6 Å². The predicted octanol–water partition coefficient (Wildman–Crippen LogP) is 4.24. The molecule has 0 amide bonds. The van der Waals surface area contributed by atoms with E-state index >= 15 is 0 Å². The van der Waals surface area contributed by atoms with Crippen LogP contribution in [0.3, 0.4) is 0 Å². The molecular weight excluding hydrogens is 409 g/mol. The van der Waals surface area contributed by atoms with Crippen molar-refractivity contribution in [2.24, 2.45) is 17.3 Å². The van der Waals surface area contributed by atoms with Crippen molar-refractivity contribution < 1.29 is 4.57 Å². The second-order valence-electron chi connectivity index (χ2n) is 4.85. The molecule has 5 nitrogen and oxygen atoms in total. The van der Waals surface area contributed by atoms with Crippen LogP contribution in [0.1, 0.15) is 5.56 Å². The first-order valence-electron chi connectivity index (χ1n) is 6.63. The number of hydrogen-bond acceptors (Lipinski definition) is 5. The first kappa shape index (κ1) is 15.2. The Morgan fingerprint density at radius 1 is 1.14 bits per heavy atom. The first-order chi connectivity index (χ1) is 10.6. The molecular formula is C15H15IN5S+. The van der Waals surface area contributed by atoms with Crippen molar-refractivity contribution in [3.05, 3.63) is 42.0 Å². The molecule has 1 heterocycles. The van der Waals surface area contributed by atoms with Gasteiger partial charge in [-0.1, -0.05) is 34.7 Å². The van der Waals surface area contributed by atoms with Gasteiger partial charge in [-0.15, -0.1) is 0 Å². The summed E-state index contributed by atoms with van der Waals surface area (Å²) in [7, 11) is 1.98. The van der Waals surface area contributed by atoms with Crippen LogP contribution in [-0.4, -0.2) is 0 Å². The predicted molar refractivity (Wildman–Crippen MR) is 100 cm³/mol. The maximum Gasteiger partial charge on any atom is 0.409 e. The summed E-state index contributed by atoms with van der Waals surface area (Å²) in [6.07, 6.45) is 0. The molecule has 22 heavy (non-hydrogen) atoms. The molecule has 0 aliphatic heterocycles. The van der Waals surface area contributed by atoms with Gasteiger partial charge in [0, 0.05) is 10.1 Å². The van der Waals surface area contributed by atoms with Gasteiger partial charge in [0.05, 0.1) is 22.5 Å². The van der Waals surface area contributed by atoms with Crippen molar-refractivity contribution >= 4 is 66.3 Å². The van der Waals surface area contributed by atoms with Crippen LogP contribution in [0.25, 0.3) is 10.2 Å². The number of halogens is 1. The average Bonchev–Trinajstić information content (AvgIpc) is 2.83. The fourth-order valence-electron chi connectivity index (χ4n) is 2.14. The van der Waals surface area contributed by atoms with Gasteiger partial charge in [-0.2, -0.15) is 0 Å². The molecule has 3 rings (SSSR count). The number of nitrogens with zero attached hydrogens (tertiary/aromatic N) is 3. The zero-order valence-electron chi connectivity index (χ0n) is 12.0. The number of nitrogen functional groups attached to an aromatic ring is 2. The molecule has 0 bridgehead atoms. The number of benzene rings is 2. The summed E-state index contributed by atoms with van der Waals surface area (Å²) in [5, 5.41) is 9.50. The highest BCUT2D eigenvalue weighted by Crippen LogP contribution is 2.32. The van der Waals surface area contributed by atoms with E-state index in [4.69, 9.17) is 11.5 Å². The number of thiazole rings is 1. The van der Waals surface area contributed by atoms with Crippen molar-refractivity contribution in [1.29, 1.82) is 0 Å². The van der Waals surface area contributed by atoms with Crippen LogP contribution < -0.4 is 16.0 Å². The Kier molecular flexibility index (Phi) is 4.25. The van der Waals surface area contributed by atoms with Gasteiger partial charge in [-0.05, 0) is 46.3 Å². The third-order valence-electron chi connectivity index (χ3n) is 3.39. The zero-order chi connectivity index (χ0) is 15.7. The second kappa shape index (κ2) is 6.17. The van der Waals surface area contributed by atoms with Crippen LogP contribution in [0.5, 0.6) is 0 Å². The molecule has 4 N–H and O–H groups in total. The van der Waals surface area contributed by atoms with Crippen LogP contribution in [0.15, 0.2) is 46.6 Å². The van der Waals surface area contributed by atoms with Gasteiger partial charge >= 0.3 is 5.13 Å². The number of nitrogens with two attached hydrogens (primary N) is 2. The van der Waals surface area contributed by atoms with Crippen LogP contribution >= 0.6 is 33.9 Å². The molecule has 0 saturated heterocycles. The van der Waals surface area contributed by atoms with Gasteiger partial charge in [0.2, 0.25) is 0 Å². The van der Waals surface area contributed by atoms with Gasteiger partial charge < -0.3 is 11.5 Å². The minimum absolute atomic E-state index is 0.540. The first-order valence-corrected chi connectivity index (χ1v) is 8.97. The molecule has 0 aliphatic rings. The van der Waals surface area contributed by atoms with Gasteiger partial charge in [-0.3, -0.25) is 0 Å². The van der Waals surface area contributed by atoms with Crippen LogP contribution in [0.4, 0.5) is 22.2 Å². The Balaban J connectivity index is 2.01. The van der Waals surface area contributed by atoms with E-state index in [1.54, 1.807) is 17.4 Å². The molecule has 0 fully saturated rings. The Morgan fingerprint density at radius 3 is 2.64 bits per heavy atom. The Labute approximate surface area is 145 Å². The third-order valence-corrected chi connectivity index (χ3v) is 5.32. The fraction of sp³-hybridized carbons (Fsp3) is 0.133. The van der Waals surface area contributed by atoms with E-state index in [2.05, 4.69) is 45.0 Å². The highest BCUT2D eigenvalue weighted by atomic mass is 127. The molecule has 0 saturated carbocycles. The van der Waals surface area contributed by atoms with E-state index in [1.165, 1.54) is 4.70 Å². The lowest BCUT2D eigenvalue weighted by atomic mass is 10.1. The quantitative estimate of drug-likeness (QED) is 0.217. The molecule has 0 unspecified atom stereocenters. The van der Waals surface area contributed by atoms with Crippen LogP contribution in [-0.2, 0) is 11.5 Å². The van der Waals surface area contributed by atoms with E-state index in [0.717, 1.165) is 20.6 Å². The number of anilines is 2. The lowest BCUT2D eigenvalue weighted by Gasteiger charge is -2.04. The van der Waals surface area contributed by atoms with Crippen molar-refractivity contribution in [2.45, 2.75) is 4.43 Å². The number of alkyl halides is 1. The summed E-state index contributed by atoms with van der Waals surface area (Å²) in [5.41, 5.74) is 15.9. The molecule has 112 valence electrons. The number of rotatable bonds is 3. The summed E-state index contributed by atoms with van der Waals surface area (Å²) in [4.78, 5) is 0.